The van der Waals surface area contributed by atoms with Crippen LogP contribution < -0.4 is 5.32 Å². The Morgan fingerprint density at radius 3 is 1.65 bits per heavy atom. The van der Waals surface area contributed by atoms with Gasteiger partial charge >= 0.3 is 12.1 Å². The third-order valence-corrected chi connectivity index (χ3v) is 3.49. The van der Waals surface area contributed by atoms with Gasteiger partial charge < -0.3 is 19.4 Å². The van der Waals surface area contributed by atoms with Gasteiger partial charge in [-0.25, -0.2) is 9.59 Å². The van der Waals surface area contributed by atoms with Gasteiger partial charge in [0, 0.05) is 0 Å². The van der Waals surface area contributed by atoms with Crippen molar-refractivity contribution >= 4 is 19.2 Å². The number of carbonyl (C=O) groups is 2. The molecule has 0 heterocycles. The minimum Gasteiger partial charge on any atom is -0.458 e. The molecule has 0 aromatic heterocycles. The second-order valence-corrected chi connectivity index (χ2v) is 10.4. The molecule has 0 saturated heterocycles. The predicted molar refractivity (Wildman–Crippen MR) is 78.5 cm³/mol. The standard InChI is InChI=1S/C13H26NO5P/c1-12(2,3)18-10(15)9(20(7,8)17)14-11(16)19-13(4,5)6/h9H,1-8H3,(H,14,16). The Morgan fingerprint density at radius 2 is 1.35 bits per heavy atom. The molecule has 0 saturated carbocycles. The smallest absolute Gasteiger partial charge is 0.408 e. The monoisotopic (exact) mass is 307 g/mol. The van der Waals surface area contributed by atoms with E-state index in [0.717, 1.165) is 0 Å². The summed E-state index contributed by atoms with van der Waals surface area (Å²) < 4.78 is 22.4. The van der Waals surface area contributed by atoms with E-state index in [9.17, 15) is 14.2 Å². The second kappa shape index (κ2) is 6.17. The lowest BCUT2D eigenvalue weighted by atomic mass is 10.2. The van der Waals surface area contributed by atoms with Crippen molar-refractivity contribution < 1.29 is 23.6 Å². The first-order valence-corrected chi connectivity index (χ1v) is 9.06. The lowest BCUT2D eigenvalue weighted by Gasteiger charge is -2.27. The molecule has 0 aliphatic heterocycles. The fraction of sp³-hybridized carbons (Fsp3) is 0.846. The van der Waals surface area contributed by atoms with Gasteiger partial charge in [0.15, 0.2) is 5.78 Å². The van der Waals surface area contributed by atoms with Crippen molar-refractivity contribution in [2.75, 3.05) is 13.3 Å². The first-order chi connectivity index (χ1) is 8.62. The summed E-state index contributed by atoms with van der Waals surface area (Å²) in [5.74, 6) is -1.94. The van der Waals surface area contributed by atoms with Gasteiger partial charge in [-0.3, -0.25) is 0 Å². The number of rotatable bonds is 3. The van der Waals surface area contributed by atoms with E-state index in [1.165, 1.54) is 13.3 Å². The minimum absolute atomic E-state index is 0.700. The normalized spacial score (nSPS) is 14.4. The van der Waals surface area contributed by atoms with Gasteiger partial charge in [0.05, 0.1) is 0 Å². The number of alkyl carbamates (subject to hydrolysis) is 1. The van der Waals surface area contributed by atoms with E-state index >= 15 is 0 Å². The van der Waals surface area contributed by atoms with Crippen LogP contribution in [-0.2, 0) is 18.8 Å². The van der Waals surface area contributed by atoms with Gasteiger partial charge in [-0.05, 0) is 54.9 Å². The lowest BCUT2D eigenvalue weighted by molar-refractivity contribution is -0.155. The Morgan fingerprint density at radius 1 is 0.950 bits per heavy atom. The molecule has 20 heavy (non-hydrogen) atoms. The maximum Gasteiger partial charge on any atom is 0.408 e. The van der Waals surface area contributed by atoms with Crippen LogP contribution in [0.15, 0.2) is 0 Å². The molecule has 0 bridgehead atoms. The Labute approximate surface area is 121 Å². The topological polar surface area (TPSA) is 81.7 Å². The molecule has 118 valence electrons. The van der Waals surface area contributed by atoms with Crippen molar-refractivity contribution in [1.82, 2.24) is 5.32 Å². The first-order valence-electron chi connectivity index (χ1n) is 6.39. The Hall–Kier alpha value is -1.03. The van der Waals surface area contributed by atoms with Crippen LogP contribution in [0.2, 0.25) is 0 Å². The molecule has 0 aromatic carbocycles. The van der Waals surface area contributed by atoms with Crippen LogP contribution in [0.25, 0.3) is 0 Å². The van der Waals surface area contributed by atoms with E-state index in [1.54, 1.807) is 41.5 Å². The van der Waals surface area contributed by atoms with Gasteiger partial charge in [-0.15, -0.1) is 0 Å². The zero-order chi connectivity index (χ0) is 16.4. The zero-order valence-corrected chi connectivity index (χ0v) is 14.5. The largest absolute Gasteiger partial charge is 0.458 e. The average Bonchev–Trinajstić information content (AvgIpc) is 2.05. The second-order valence-electron chi connectivity index (χ2n) is 7.02. The molecule has 0 aromatic rings. The van der Waals surface area contributed by atoms with Gasteiger partial charge in [-0.1, -0.05) is 0 Å². The van der Waals surface area contributed by atoms with E-state index in [1.807, 2.05) is 0 Å². The number of amides is 1. The van der Waals surface area contributed by atoms with Crippen LogP contribution in [-0.4, -0.2) is 42.4 Å². The SMILES string of the molecule is CC(C)(C)OC(=O)NC(C(=O)OC(C)(C)C)P(C)(C)=O. The van der Waals surface area contributed by atoms with Gasteiger partial charge in [0.2, 0.25) is 0 Å². The molecule has 1 atom stereocenters. The van der Waals surface area contributed by atoms with Crippen LogP contribution in [0.5, 0.6) is 0 Å². The fourth-order valence-electron chi connectivity index (χ4n) is 1.25. The quantitative estimate of drug-likeness (QED) is 0.640. The van der Waals surface area contributed by atoms with E-state index in [0.29, 0.717) is 0 Å². The molecule has 0 aliphatic carbocycles. The molecule has 0 radical (unpaired) electrons. The van der Waals surface area contributed by atoms with E-state index in [-0.39, 0.29) is 0 Å². The van der Waals surface area contributed by atoms with Crippen LogP contribution in [0.3, 0.4) is 0 Å². The number of carbonyl (C=O) groups excluding carboxylic acids is 2. The molecule has 1 unspecified atom stereocenters. The van der Waals surface area contributed by atoms with Crippen molar-refractivity contribution in [3.63, 3.8) is 0 Å². The van der Waals surface area contributed by atoms with Crippen LogP contribution in [0, 0.1) is 0 Å². The molecule has 6 nitrogen and oxygen atoms in total. The minimum atomic E-state index is -2.92. The van der Waals surface area contributed by atoms with E-state index in [2.05, 4.69) is 5.32 Å². The van der Waals surface area contributed by atoms with Crippen molar-refractivity contribution in [2.24, 2.45) is 0 Å². The highest BCUT2D eigenvalue weighted by Crippen LogP contribution is 2.42. The highest BCUT2D eigenvalue weighted by molar-refractivity contribution is 7.64. The first kappa shape index (κ1) is 19.0. The van der Waals surface area contributed by atoms with Crippen molar-refractivity contribution in [1.29, 1.82) is 0 Å². The Kier molecular flexibility index (Phi) is 5.85. The molecule has 0 spiro atoms. The van der Waals surface area contributed by atoms with Crippen molar-refractivity contribution in [3.05, 3.63) is 0 Å². The Bertz CT molecular complexity index is 413. The third kappa shape index (κ3) is 8.20. The fourth-order valence-corrected chi connectivity index (χ4v) is 2.22. The van der Waals surface area contributed by atoms with Crippen LogP contribution in [0.4, 0.5) is 4.79 Å². The van der Waals surface area contributed by atoms with Crippen molar-refractivity contribution in [2.45, 2.75) is 58.5 Å². The van der Waals surface area contributed by atoms with E-state index < -0.39 is 36.2 Å². The molecule has 0 aliphatic rings. The molecule has 0 fully saturated rings. The van der Waals surface area contributed by atoms with Gasteiger partial charge in [-0.2, -0.15) is 0 Å². The number of ether oxygens (including phenoxy) is 2. The highest BCUT2D eigenvalue weighted by Gasteiger charge is 2.36. The molecule has 1 N–H and O–H groups in total. The lowest BCUT2D eigenvalue weighted by Crippen LogP contribution is -2.45. The van der Waals surface area contributed by atoms with Gasteiger partial charge in [0.1, 0.15) is 18.3 Å². The van der Waals surface area contributed by atoms with Crippen LogP contribution in [0.1, 0.15) is 41.5 Å². The summed E-state index contributed by atoms with van der Waals surface area (Å²) in [7, 11) is -2.92. The summed E-state index contributed by atoms with van der Waals surface area (Å²) in [6, 6.07) is 0. The molecule has 1 amide bonds. The Balaban J connectivity index is 4.98. The molecular formula is C13H26NO5P. The summed E-state index contributed by atoms with van der Waals surface area (Å²) in [4.78, 5) is 23.8. The third-order valence-electron chi connectivity index (χ3n) is 1.91. The van der Waals surface area contributed by atoms with Crippen molar-refractivity contribution in [3.8, 4) is 0 Å². The van der Waals surface area contributed by atoms with Gasteiger partial charge in [0.25, 0.3) is 0 Å². The number of nitrogens with one attached hydrogen (secondary N) is 1. The summed E-state index contributed by atoms with van der Waals surface area (Å²) >= 11 is 0. The summed E-state index contributed by atoms with van der Waals surface area (Å²) in [5, 5.41) is 2.34. The highest BCUT2D eigenvalue weighted by atomic mass is 31.2. The zero-order valence-electron chi connectivity index (χ0n) is 13.6. The number of hydrogen-bond acceptors (Lipinski definition) is 5. The molecule has 7 heteroatoms. The average molecular weight is 307 g/mol. The van der Waals surface area contributed by atoms with Crippen LogP contribution >= 0.6 is 7.14 Å². The summed E-state index contributed by atoms with van der Waals surface area (Å²) in [6.45, 7) is 13.0. The maximum atomic E-state index is 12.2. The number of esters is 1. The molecular weight excluding hydrogens is 281 g/mol. The van der Waals surface area contributed by atoms with E-state index in [4.69, 9.17) is 9.47 Å². The summed E-state index contributed by atoms with van der Waals surface area (Å²) in [6.07, 6.45) is -0.794. The predicted octanol–water partition coefficient (Wildman–Crippen LogP) is 2.80. The number of hydrogen-bond donors (Lipinski definition) is 1. The molecule has 0 rings (SSSR count). The summed E-state index contributed by atoms with van der Waals surface area (Å²) in [5.41, 5.74) is -1.42. The maximum absolute atomic E-state index is 12.2.